The molecule has 0 radical (unpaired) electrons. The highest BCUT2D eigenvalue weighted by atomic mass is 16.5. The third-order valence-corrected chi connectivity index (χ3v) is 4.05. The Hall–Kier alpha value is -0.830. The van der Waals surface area contributed by atoms with Gasteiger partial charge in [-0.3, -0.25) is 0 Å². The molecule has 76 valence electrons. The van der Waals surface area contributed by atoms with Gasteiger partial charge in [0.2, 0.25) is 0 Å². The molecule has 3 rings (SSSR count). The molecule has 1 fully saturated rings. The van der Waals surface area contributed by atoms with Gasteiger partial charge in [-0.25, -0.2) is 0 Å². The Morgan fingerprint density at radius 3 is 2.93 bits per heavy atom. The van der Waals surface area contributed by atoms with Crippen LogP contribution in [0.1, 0.15) is 42.2 Å². The van der Waals surface area contributed by atoms with Gasteiger partial charge < -0.3 is 10.3 Å². The molecule has 0 amide bonds. The van der Waals surface area contributed by atoms with Crippen LogP contribution in [0.5, 0.6) is 0 Å². The molecule has 1 heterocycles. The largest absolute Gasteiger partial charge is 0.361 e. The van der Waals surface area contributed by atoms with Crippen LogP contribution in [0.3, 0.4) is 0 Å². The first-order chi connectivity index (χ1) is 6.77. The number of nitrogens with zero attached hydrogens (tertiary/aromatic N) is 1. The molecule has 0 aromatic carbocycles. The minimum atomic E-state index is 0.512. The topological polar surface area (TPSA) is 52.0 Å². The Kier molecular flexibility index (Phi) is 1.57. The van der Waals surface area contributed by atoms with Crippen LogP contribution in [-0.2, 0) is 6.42 Å². The van der Waals surface area contributed by atoms with Gasteiger partial charge in [-0.2, -0.15) is 0 Å². The molecular weight excluding hydrogens is 176 g/mol. The molecule has 1 atom stereocenters. The number of fused-ring (bicyclic) bond motifs is 1. The van der Waals surface area contributed by atoms with Crippen molar-refractivity contribution in [3.05, 3.63) is 17.0 Å². The summed E-state index contributed by atoms with van der Waals surface area (Å²) in [4.78, 5) is 0. The third-order valence-electron chi connectivity index (χ3n) is 4.05. The van der Waals surface area contributed by atoms with E-state index >= 15 is 0 Å². The summed E-state index contributed by atoms with van der Waals surface area (Å²) in [5.41, 5.74) is 8.80. The summed E-state index contributed by atoms with van der Waals surface area (Å²) in [5, 5.41) is 4.06. The summed E-state index contributed by atoms with van der Waals surface area (Å²) < 4.78 is 5.33. The lowest BCUT2D eigenvalue weighted by atomic mass is 9.74. The lowest BCUT2D eigenvalue weighted by Crippen LogP contribution is -2.28. The van der Waals surface area contributed by atoms with Crippen molar-refractivity contribution in [2.24, 2.45) is 11.1 Å². The molecular formula is C11H16N2O. The fourth-order valence-electron chi connectivity index (χ4n) is 3.02. The van der Waals surface area contributed by atoms with E-state index in [1.54, 1.807) is 0 Å². The van der Waals surface area contributed by atoms with Gasteiger partial charge >= 0.3 is 0 Å². The molecule has 2 aliphatic carbocycles. The van der Waals surface area contributed by atoms with Crippen molar-refractivity contribution in [2.45, 2.75) is 38.5 Å². The van der Waals surface area contributed by atoms with Gasteiger partial charge in [0.15, 0.2) is 0 Å². The van der Waals surface area contributed by atoms with Crippen molar-refractivity contribution in [1.82, 2.24) is 5.16 Å². The molecule has 2 N–H and O–H groups in total. The maximum atomic E-state index is 5.89. The van der Waals surface area contributed by atoms with Crippen LogP contribution in [0.25, 0.3) is 0 Å². The fourth-order valence-corrected chi connectivity index (χ4v) is 3.02. The molecule has 3 nitrogen and oxygen atoms in total. The van der Waals surface area contributed by atoms with E-state index in [1.807, 2.05) is 6.92 Å². The van der Waals surface area contributed by atoms with Crippen molar-refractivity contribution < 1.29 is 4.52 Å². The molecule has 1 saturated carbocycles. The van der Waals surface area contributed by atoms with Crippen molar-refractivity contribution >= 4 is 0 Å². The van der Waals surface area contributed by atoms with Crippen LogP contribution in [0.2, 0.25) is 0 Å². The molecule has 1 unspecified atom stereocenters. The van der Waals surface area contributed by atoms with Gasteiger partial charge in [0.05, 0.1) is 5.69 Å². The molecule has 1 spiro atoms. The molecule has 1 aromatic heterocycles. The molecule has 0 bridgehead atoms. The van der Waals surface area contributed by atoms with Gasteiger partial charge in [-0.1, -0.05) is 5.16 Å². The predicted octanol–water partition coefficient (Wildman–Crippen LogP) is 1.75. The highest BCUT2D eigenvalue weighted by Gasteiger charge is 2.52. The van der Waals surface area contributed by atoms with Crippen molar-refractivity contribution in [1.29, 1.82) is 0 Å². The van der Waals surface area contributed by atoms with Gasteiger partial charge in [-0.15, -0.1) is 0 Å². The Labute approximate surface area is 83.6 Å². The summed E-state index contributed by atoms with van der Waals surface area (Å²) in [7, 11) is 0. The first-order valence-corrected chi connectivity index (χ1v) is 5.42. The maximum absolute atomic E-state index is 5.89. The lowest BCUT2D eigenvalue weighted by molar-refractivity contribution is 0.305. The molecule has 1 aromatic rings. The Bertz CT molecular complexity index is 365. The smallest absolute Gasteiger partial charge is 0.140 e. The standard InChI is InChI=1S/C11H16N2O/c1-7-10-8(6-12)11(4-5-11)3-2-9(10)14-13-7/h8H,2-6,12H2,1H3. The maximum Gasteiger partial charge on any atom is 0.140 e. The van der Waals surface area contributed by atoms with E-state index in [9.17, 15) is 0 Å². The average Bonchev–Trinajstić information content (AvgIpc) is 2.86. The van der Waals surface area contributed by atoms with E-state index in [0.29, 0.717) is 11.3 Å². The normalized spacial score (nSPS) is 27.7. The number of hydrogen-bond donors (Lipinski definition) is 1. The summed E-state index contributed by atoms with van der Waals surface area (Å²) in [6, 6.07) is 0. The van der Waals surface area contributed by atoms with E-state index in [4.69, 9.17) is 10.3 Å². The van der Waals surface area contributed by atoms with E-state index < -0.39 is 0 Å². The molecule has 0 saturated heterocycles. The zero-order chi connectivity index (χ0) is 9.76. The summed E-state index contributed by atoms with van der Waals surface area (Å²) in [5.74, 6) is 1.60. The molecule has 0 aliphatic heterocycles. The van der Waals surface area contributed by atoms with Gasteiger partial charge in [0.25, 0.3) is 0 Å². The second-order valence-electron chi connectivity index (χ2n) is 4.76. The van der Waals surface area contributed by atoms with Crippen LogP contribution < -0.4 is 5.73 Å². The van der Waals surface area contributed by atoms with Crippen molar-refractivity contribution in [3.63, 3.8) is 0 Å². The Balaban J connectivity index is 2.09. The molecule has 2 aliphatic rings. The van der Waals surface area contributed by atoms with Crippen LogP contribution in [-0.4, -0.2) is 11.7 Å². The van der Waals surface area contributed by atoms with Gasteiger partial charge in [0.1, 0.15) is 5.76 Å². The minimum Gasteiger partial charge on any atom is -0.361 e. The van der Waals surface area contributed by atoms with Crippen molar-refractivity contribution in [2.75, 3.05) is 6.54 Å². The van der Waals surface area contributed by atoms with Crippen LogP contribution >= 0.6 is 0 Å². The van der Waals surface area contributed by atoms with E-state index in [-0.39, 0.29) is 0 Å². The lowest BCUT2D eigenvalue weighted by Gasteiger charge is -2.30. The van der Waals surface area contributed by atoms with Crippen molar-refractivity contribution in [3.8, 4) is 0 Å². The summed E-state index contributed by atoms with van der Waals surface area (Å²) in [6.45, 7) is 2.78. The number of aryl methyl sites for hydroxylation is 2. The number of aromatic nitrogens is 1. The zero-order valence-electron chi connectivity index (χ0n) is 8.55. The SMILES string of the molecule is Cc1noc2c1C(CN)C1(CC2)CC1. The highest BCUT2D eigenvalue weighted by molar-refractivity contribution is 5.34. The van der Waals surface area contributed by atoms with Gasteiger partial charge in [-0.05, 0) is 38.1 Å². The number of hydrogen-bond acceptors (Lipinski definition) is 3. The van der Waals surface area contributed by atoms with Crippen LogP contribution in [0.15, 0.2) is 4.52 Å². The predicted molar refractivity (Wildman–Crippen MR) is 53.0 cm³/mol. The first kappa shape index (κ1) is 8.48. The first-order valence-electron chi connectivity index (χ1n) is 5.42. The summed E-state index contributed by atoms with van der Waals surface area (Å²) in [6.07, 6.45) is 5.00. The number of rotatable bonds is 1. The second kappa shape index (κ2) is 2.60. The van der Waals surface area contributed by atoms with Crippen LogP contribution in [0.4, 0.5) is 0 Å². The number of nitrogens with two attached hydrogens (primary N) is 1. The minimum absolute atomic E-state index is 0.512. The van der Waals surface area contributed by atoms with E-state index in [2.05, 4.69) is 5.16 Å². The monoisotopic (exact) mass is 192 g/mol. The average molecular weight is 192 g/mol. The zero-order valence-corrected chi connectivity index (χ0v) is 8.55. The van der Waals surface area contributed by atoms with E-state index in [0.717, 1.165) is 24.4 Å². The molecule has 14 heavy (non-hydrogen) atoms. The second-order valence-corrected chi connectivity index (χ2v) is 4.76. The fraction of sp³-hybridized carbons (Fsp3) is 0.727. The van der Waals surface area contributed by atoms with Crippen LogP contribution in [0, 0.1) is 12.3 Å². The Morgan fingerprint density at radius 2 is 2.29 bits per heavy atom. The van der Waals surface area contributed by atoms with Gasteiger partial charge in [0, 0.05) is 17.9 Å². The Morgan fingerprint density at radius 1 is 1.50 bits per heavy atom. The quantitative estimate of drug-likeness (QED) is 0.737. The van der Waals surface area contributed by atoms with E-state index in [1.165, 1.54) is 24.8 Å². The summed E-state index contributed by atoms with van der Waals surface area (Å²) >= 11 is 0. The highest BCUT2D eigenvalue weighted by Crippen LogP contribution is 2.61. The molecule has 3 heteroatoms. The third kappa shape index (κ3) is 0.934.